The molecule has 0 radical (unpaired) electrons. The smallest absolute Gasteiger partial charge is 0.341 e. The molecule has 0 aliphatic carbocycles. The number of aromatic nitrogens is 1. The van der Waals surface area contributed by atoms with Gasteiger partial charge in [-0.15, -0.1) is 0 Å². The van der Waals surface area contributed by atoms with Crippen LogP contribution in [0, 0.1) is 17.5 Å². The van der Waals surface area contributed by atoms with E-state index in [-0.39, 0.29) is 22.2 Å². The Hall–Kier alpha value is -2.31. The highest BCUT2D eigenvalue weighted by Crippen LogP contribution is 2.30. The molecule has 0 amide bonds. The molecule has 0 bridgehead atoms. The van der Waals surface area contributed by atoms with Crippen LogP contribution in [0.3, 0.4) is 0 Å². The number of halogens is 3. The van der Waals surface area contributed by atoms with Crippen molar-refractivity contribution in [3.63, 3.8) is 0 Å². The first kappa shape index (κ1) is 13.1. The van der Waals surface area contributed by atoms with Gasteiger partial charge in [-0.25, -0.2) is 18.0 Å². The van der Waals surface area contributed by atoms with Gasteiger partial charge in [0.15, 0.2) is 17.5 Å². The van der Waals surface area contributed by atoms with Gasteiger partial charge in [0.25, 0.3) is 0 Å². The van der Waals surface area contributed by atoms with Gasteiger partial charge in [-0.3, -0.25) is 4.98 Å². The molecule has 4 nitrogen and oxygen atoms in total. The number of anilines is 1. The SMILES string of the molecule is CNc1c(C(=O)OC)cnc2c(F)c(F)c(F)cc12. The van der Waals surface area contributed by atoms with Gasteiger partial charge < -0.3 is 10.1 Å². The van der Waals surface area contributed by atoms with Crippen molar-refractivity contribution in [1.82, 2.24) is 4.98 Å². The van der Waals surface area contributed by atoms with Crippen LogP contribution in [0.4, 0.5) is 18.9 Å². The number of carbonyl (C=O) groups is 1. The minimum Gasteiger partial charge on any atom is -0.465 e. The number of methoxy groups -OCH3 is 1. The summed E-state index contributed by atoms with van der Waals surface area (Å²) in [4.78, 5) is 15.1. The molecule has 2 aromatic rings. The number of nitrogens with one attached hydrogen (secondary N) is 1. The van der Waals surface area contributed by atoms with Gasteiger partial charge in [0.05, 0.1) is 12.8 Å². The molecule has 2 rings (SSSR count). The molecular weight excluding hydrogens is 261 g/mol. The summed E-state index contributed by atoms with van der Waals surface area (Å²) in [6.07, 6.45) is 1.04. The minimum absolute atomic E-state index is 0.00269. The Morgan fingerprint density at radius 3 is 2.58 bits per heavy atom. The number of fused-ring (bicyclic) bond motifs is 1. The maximum atomic E-state index is 13.6. The molecule has 0 saturated carbocycles. The topological polar surface area (TPSA) is 51.2 Å². The Balaban J connectivity index is 2.87. The van der Waals surface area contributed by atoms with Gasteiger partial charge in [-0.05, 0) is 6.07 Å². The Kier molecular flexibility index (Phi) is 3.28. The number of ether oxygens (including phenoxy) is 1. The van der Waals surface area contributed by atoms with E-state index in [2.05, 4.69) is 15.0 Å². The van der Waals surface area contributed by atoms with Crippen LogP contribution in [0.2, 0.25) is 0 Å². The summed E-state index contributed by atoms with van der Waals surface area (Å²) in [6.45, 7) is 0. The Labute approximate surface area is 106 Å². The number of benzene rings is 1. The lowest BCUT2D eigenvalue weighted by atomic mass is 10.1. The highest BCUT2D eigenvalue weighted by atomic mass is 19.2. The van der Waals surface area contributed by atoms with Gasteiger partial charge in [0, 0.05) is 18.6 Å². The van der Waals surface area contributed by atoms with Crippen LogP contribution in [0.5, 0.6) is 0 Å². The Bertz CT molecular complexity index is 674. The Morgan fingerprint density at radius 2 is 2.00 bits per heavy atom. The van der Waals surface area contributed by atoms with Gasteiger partial charge in [0.2, 0.25) is 0 Å². The highest BCUT2D eigenvalue weighted by Gasteiger charge is 2.21. The fourth-order valence-electron chi connectivity index (χ4n) is 1.78. The number of pyridine rings is 1. The van der Waals surface area contributed by atoms with Gasteiger partial charge >= 0.3 is 5.97 Å². The second-order valence-corrected chi connectivity index (χ2v) is 3.67. The van der Waals surface area contributed by atoms with Crippen LogP contribution >= 0.6 is 0 Å². The molecule has 19 heavy (non-hydrogen) atoms. The van der Waals surface area contributed by atoms with Crippen molar-refractivity contribution in [2.24, 2.45) is 0 Å². The summed E-state index contributed by atoms with van der Waals surface area (Å²) in [5.74, 6) is -5.08. The number of hydrogen-bond acceptors (Lipinski definition) is 4. The van der Waals surface area contributed by atoms with E-state index < -0.39 is 23.4 Å². The molecule has 1 N–H and O–H groups in total. The van der Waals surface area contributed by atoms with Crippen molar-refractivity contribution in [2.75, 3.05) is 19.5 Å². The van der Waals surface area contributed by atoms with Crippen LogP contribution in [0.1, 0.15) is 10.4 Å². The number of nitrogens with zero attached hydrogens (tertiary/aromatic N) is 1. The predicted molar refractivity (Wildman–Crippen MR) is 62.5 cm³/mol. The molecule has 100 valence electrons. The molecular formula is C12H9F3N2O2. The summed E-state index contributed by atoms with van der Waals surface area (Å²) >= 11 is 0. The van der Waals surface area contributed by atoms with Crippen LogP contribution in [-0.4, -0.2) is 25.1 Å². The van der Waals surface area contributed by atoms with Crippen LogP contribution in [-0.2, 0) is 4.74 Å². The van der Waals surface area contributed by atoms with Gasteiger partial charge in [-0.2, -0.15) is 0 Å². The summed E-state index contributed by atoms with van der Waals surface area (Å²) in [5.41, 5.74) is -0.242. The monoisotopic (exact) mass is 270 g/mol. The third kappa shape index (κ3) is 1.96. The fraction of sp³-hybridized carbons (Fsp3) is 0.167. The zero-order valence-corrected chi connectivity index (χ0v) is 10.1. The molecule has 1 aromatic heterocycles. The van der Waals surface area contributed by atoms with Crippen LogP contribution in [0.25, 0.3) is 10.9 Å². The van der Waals surface area contributed by atoms with E-state index in [9.17, 15) is 18.0 Å². The van der Waals surface area contributed by atoms with Crippen LogP contribution < -0.4 is 5.32 Å². The predicted octanol–water partition coefficient (Wildman–Crippen LogP) is 2.48. The maximum Gasteiger partial charge on any atom is 0.341 e. The first-order chi connectivity index (χ1) is 9.01. The van der Waals surface area contributed by atoms with Gasteiger partial charge in [-0.1, -0.05) is 0 Å². The molecule has 0 unspecified atom stereocenters. The van der Waals surface area contributed by atoms with E-state index in [4.69, 9.17) is 0 Å². The second-order valence-electron chi connectivity index (χ2n) is 3.67. The number of rotatable bonds is 2. The summed E-state index contributed by atoms with van der Waals surface area (Å²) in [6, 6.07) is 0.777. The molecule has 0 aliphatic heterocycles. The first-order valence-corrected chi connectivity index (χ1v) is 5.23. The van der Waals surface area contributed by atoms with E-state index in [0.717, 1.165) is 19.4 Å². The lowest BCUT2D eigenvalue weighted by molar-refractivity contribution is 0.0601. The van der Waals surface area contributed by atoms with Crippen LogP contribution in [0.15, 0.2) is 12.3 Å². The fourth-order valence-corrected chi connectivity index (χ4v) is 1.78. The third-order valence-corrected chi connectivity index (χ3v) is 2.65. The summed E-state index contributed by atoms with van der Waals surface area (Å²) in [7, 11) is 2.62. The molecule has 0 spiro atoms. The number of esters is 1. The lowest BCUT2D eigenvalue weighted by Gasteiger charge is -2.11. The molecule has 0 saturated heterocycles. The van der Waals surface area contributed by atoms with E-state index in [0.29, 0.717) is 0 Å². The highest BCUT2D eigenvalue weighted by molar-refractivity contribution is 6.04. The first-order valence-electron chi connectivity index (χ1n) is 5.23. The second kappa shape index (κ2) is 4.75. The van der Waals surface area contributed by atoms with Crippen molar-refractivity contribution in [3.8, 4) is 0 Å². The molecule has 0 aliphatic rings. The molecule has 1 aromatic carbocycles. The Morgan fingerprint density at radius 1 is 1.32 bits per heavy atom. The molecule has 0 atom stereocenters. The molecule has 7 heteroatoms. The zero-order valence-electron chi connectivity index (χ0n) is 10.1. The average molecular weight is 270 g/mol. The van der Waals surface area contributed by atoms with Crippen molar-refractivity contribution in [3.05, 3.63) is 35.3 Å². The minimum atomic E-state index is -1.60. The normalized spacial score (nSPS) is 10.6. The lowest BCUT2D eigenvalue weighted by Crippen LogP contribution is -2.08. The van der Waals surface area contributed by atoms with Crippen molar-refractivity contribution >= 4 is 22.6 Å². The maximum absolute atomic E-state index is 13.6. The average Bonchev–Trinajstić information content (AvgIpc) is 2.42. The quantitative estimate of drug-likeness (QED) is 0.673. The van der Waals surface area contributed by atoms with Gasteiger partial charge in [0.1, 0.15) is 11.1 Å². The van der Waals surface area contributed by atoms with Crippen molar-refractivity contribution in [2.45, 2.75) is 0 Å². The largest absolute Gasteiger partial charge is 0.465 e. The zero-order chi connectivity index (χ0) is 14.2. The summed E-state index contributed by atoms with van der Waals surface area (Å²) in [5, 5.41) is 2.59. The van der Waals surface area contributed by atoms with Crippen molar-refractivity contribution < 1.29 is 22.7 Å². The third-order valence-electron chi connectivity index (χ3n) is 2.65. The van der Waals surface area contributed by atoms with E-state index >= 15 is 0 Å². The van der Waals surface area contributed by atoms with E-state index in [1.54, 1.807) is 0 Å². The summed E-state index contributed by atoms with van der Waals surface area (Å²) < 4.78 is 44.5. The number of hydrogen-bond donors (Lipinski definition) is 1. The number of carbonyl (C=O) groups excluding carboxylic acids is 1. The standard InChI is InChI=1S/C12H9F3N2O2/c1-16-10-5-3-7(13)8(14)9(15)11(5)17-4-6(10)12(18)19-2/h3-4H,1-2H3,(H,16,17). The molecule has 0 fully saturated rings. The molecule has 1 heterocycles. The van der Waals surface area contributed by atoms with Crippen molar-refractivity contribution in [1.29, 1.82) is 0 Å². The van der Waals surface area contributed by atoms with E-state index in [1.807, 2.05) is 0 Å². The van der Waals surface area contributed by atoms with E-state index in [1.165, 1.54) is 7.05 Å².